The summed E-state index contributed by atoms with van der Waals surface area (Å²) >= 11 is 0. The molecule has 0 saturated carbocycles. The van der Waals surface area contributed by atoms with E-state index >= 15 is 0 Å². The van der Waals surface area contributed by atoms with Crippen LogP contribution in [0.4, 0.5) is 4.79 Å². The van der Waals surface area contributed by atoms with Gasteiger partial charge >= 0.3 is 18.0 Å². The number of ether oxygens (including phenoxy) is 5. The summed E-state index contributed by atoms with van der Waals surface area (Å²) < 4.78 is 26.8. The molecular formula is C22H31NO8. The highest BCUT2D eigenvalue weighted by Gasteiger charge is 2.48. The highest BCUT2D eigenvalue weighted by Crippen LogP contribution is 2.38. The summed E-state index contributed by atoms with van der Waals surface area (Å²) in [6, 6.07) is 8.12. The van der Waals surface area contributed by atoms with Crippen molar-refractivity contribution in [3.63, 3.8) is 0 Å². The summed E-state index contributed by atoms with van der Waals surface area (Å²) in [6.45, 7) is 5.69. The third kappa shape index (κ3) is 7.84. The summed E-state index contributed by atoms with van der Waals surface area (Å²) in [6.07, 6.45) is -0.385. The van der Waals surface area contributed by atoms with Gasteiger partial charge in [-0.25, -0.2) is 9.59 Å². The number of carbonyl (C=O) groups is 3. The normalized spacial score (nSPS) is 20.5. The van der Waals surface area contributed by atoms with Gasteiger partial charge in [0.05, 0.1) is 25.9 Å². The van der Waals surface area contributed by atoms with Gasteiger partial charge in [-0.15, -0.1) is 0 Å². The van der Waals surface area contributed by atoms with Crippen molar-refractivity contribution >= 4 is 18.0 Å². The predicted molar refractivity (Wildman–Crippen MR) is 110 cm³/mol. The van der Waals surface area contributed by atoms with E-state index in [-0.39, 0.29) is 45.1 Å². The van der Waals surface area contributed by atoms with E-state index in [1.165, 1.54) is 7.11 Å². The number of nitrogens with one attached hydrogen (secondary N) is 1. The standard InChI is InChI=1S/C22H31NO8/c1-5-28-18(24)11-12-22(15-30-21(2,3)31-22)13-17(19(25)27-4)23-20(26)29-14-16-9-7-6-8-10-16/h6-10,17H,5,11-15H2,1-4H3,(H,23,26)/t17-,22+/m0/s1. The van der Waals surface area contributed by atoms with Crippen molar-refractivity contribution in [3.8, 4) is 0 Å². The van der Waals surface area contributed by atoms with Gasteiger partial charge in [-0.2, -0.15) is 0 Å². The number of methoxy groups -OCH3 is 1. The highest BCUT2D eigenvalue weighted by atomic mass is 16.8. The Kier molecular flexibility index (Phi) is 8.82. The minimum atomic E-state index is -1.05. The molecule has 0 aliphatic carbocycles. The van der Waals surface area contributed by atoms with Gasteiger partial charge in [0.2, 0.25) is 0 Å². The Morgan fingerprint density at radius 1 is 1.16 bits per heavy atom. The monoisotopic (exact) mass is 437 g/mol. The number of carbonyl (C=O) groups excluding carboxylic acids is 3. The quantitative estimate of drug-likeness (QED) is 0.440. The number of hydrogen-bond acceptors (Lipinski definition) is 8. The SMILES string of the molecule is CCOC(=O)CC[C@@]1(C[C@H](NC(=O)OCc2ccccc2)C(=O)OC)COC(C)(C)O1. The van der Waals surface area contributed by atoms with E-state index < -0.39 is 29.5 Å². The fourth-order valence-corrected chi connectivity index (χ4v) is 3.39. The Labute approximate surface area is 182 Å². The first-order chi connectivity index (χ1) is 14.7. The first kappa shape index (κ1) is 24.6. The minimum Gasteiger partial charge on any atom is -0.467 e. The van der Waals surface area contributed by atoms with Crippen molar-refractivity contribution in [1.29, 1.82) is 0 Å². The second-order valence-corrected chi connectivity index (χ2v) is 7.76. The Balaban J connectivity index is 2.06. The largest absolute Gasteiger partial charge is 0.467 e. The van der Waals surface area contributed by atoms with Crippen LogP contribution in [0, 0.1) is 0 Å². The fourth-order valence-electron chi connectivity index (χ4n) is 3.39. The Morgan fingerprint density at radius 2 is 1.87 bits per heavy atom. The van der Waals surface area contributed by atoms with Gasteiger partial charge in [-0.05, 0) is 32.8 Å². The van der Waals surface area contributed by atoms with Gasteiger partial charge in [0.15, 0.2) is 5.79 Å². The van der Waals surface area contributed by atoms with E-state index in [1.807, 2.05) is 30.3 Å². The van der Waals surface area contributed by atoms with E-state index in [1.54, 1.807) is 20.8 Å². The third-order valence-electron chi connectivity index (χ3n) is 4.80. The molecule has 1 heterocycles. The molecule has 2 rings (SSSR count). The van der Waals surface area contributed by atoms with E-state index in [0.29, 0.717) is 0 Å². The Bertz CT molecular complexity index is 751. The van der Waals surface area contributed by atoms with Gasteiger partial charge < -0.3 is 29.0 Å². The number of esters is 2. The summed E-state index contributed by atoms with van der Waals surface area (Å²) in [4.78, 5) is 36.6. The molecule has 1 aromatic carbocycles. The van der Waals surface area contributed by atoms with Gasteiger partial charge in [0.25, 0.3) is 0 Å². The van der Waals surface area contributed by atoms with Gasteiger partial charge in [-0.3, -0.25) is 4.79 Å². The molecule has 1 aliphatic heterocycles. The van der Waals surface area contributed by atoms with Crippen LogP contribution in [0.2, 0.25) is 0 Å². The molecule has 1 saturated heterocycles. The van der Waals surface area contributed by atoms with Gasteiger partial charge in [0.1, 0.15) is 12.6 Å². The summed E-state index contributed by atoms with van der Waals surface area (Å²) in [7, 11) is 1.23. The molecule has 1 amide bonds. The van der Waals surface area contributed by atoms with Crippen molar-refractivity contribution in [1.82, 2.24) is 5.32 Å². The molecule has 1 aromatic rings. The number of alkyl carbamates (subject to hydrolysis) is 1. The maximum atomic E-state index is 12.4. The lowest BCUT2D eigenvalue weighted by Crippen LogP contribution is -2.49. The van der Waals surface area contributed by atoms with Crippen LogP contribution >= 0.6 is 0 Å². The average Bonchev–Trinajstić information content (AvgIpc) is 3.05. The molecule has 172 valence electrons. The summed E-state index contributed by atoms with van der Waals surface area (Å²) in [5.74, 6) is -1.93. The molecule has 0 bridgehead atoms. The maximum absolute atomic E-state index is 12.4. The minimum absolute atomic E-state index is 0.0446. The molecule has 2 atom stereocenters. The molecule has 1 N–H and O–H groups in total. The third-order valence-corrected chi connectivity index (χ3v) is 4.80. The summed E-state index contributed by atoms with van der Waals surface area (Å²) in [5, 5.41) is 2.54. The van der Waals surface area contributed by atoms with Crippen LogP contribution in [-0.4, -0.2) is 55.8 Å². The van der Waals surface area contributed by atoms with Crippen LogP contribution in [0.25, 0.3) is 0 Å². The molecule has 0 radical (unpaired) electrons. The molecule has 9 nitrogen and oxygen atoms in total. The van der Waals surface area contributed by atoms with Crippen molar-refractivity contribution < 1.29 is 38.1 Å². The van der Waals surface area contributed by atoms with Gasteiger partial charge in [-0.1, -0.05) is 30.3 Å². The van der Waals surface area contributed by atoms with Crippen molar-refractivity contribution in [3.05, 3.63) is 35.9 Å². The maximum Gasteiger partial charge on any atom is 0.408 e. The fraction of sp³-hybridized carbons (Fsp3) is 0.591. The van der Waals surface area contributed by atoms with E-state index in [0.717, 1.165) is 5.56 Å². The zero-order chi connectivity index (χ0) is 22.9. The number of benzene rings is 1. The number of rotatable bonds is 10. The van der Waals surface area contributed by atoms with Crippen molar-refractivity contribution in [2.24, 2.45) is 0 Å². The van der Waals surface area contributed by atoms with Crippen LogP contribution in [-0.2, 0) is 39.9 Å². The molecule has 9 heteroatoms. The van der Waals surface area contributed by atoms with E-state index in [2.05, 4.69) is 5.32 Å². The van der Waals surface area contributed by atoms with E-state index in [4.69, 9.17) is 23.7 Å². The van der Waals surface area contributed by atoms with Crippen LogP contribution < -0.4 is 5.32 Å². The number of hydrogen-bond donors (Lipinski definition) is 1. The number of amides is 1. The Hall–Kier alpha value is -2.65. The second kappa shape index (κ2) is 11.1. The average molecular weight is 437 g/mol. The topological polar surface area (TPSA) is 109 Å². The van der Waals surface area contributed by atoms with Crippen LogP contribution in [0.1, 0.15) is 45.6 Å². The lowest BCUT2D eigenvalue weighted by molar-refractivity contribution is -0.171. The molecule has 0 aromatic heterocycles. The van der Waals surface area contributed by atoms with Crippen LogP contribution in [0.5, 0.6) is 0 Å². The molecule has 1 aliphatic rings. The first-order valence-electron chi connectivity index (χ1n) is 10.2. The lowest BCUT2D eigenvalue weighted by atomic mass is 9.90. The molecule has 31 heavy (non-hydrogen) atoms. The van der Waals surface area contributed by atoms with E-state index in [9.17, 15) is 14.4 Å². The van der Waals surface area contributed by atoms with Crippen LogP contribution in [0.3, 0.4) is 0 Å². The molecule has 0 unspecified atom stereocenters. The smallest absolute Gasteiger partial charge is 0.408 e. The van der Waals surface area contributed by atoms with Crippen molar-refractivity contribution in [2.75, 3.05) is 20.3 Å². The second-order valence-electron chi connectivity index (χ2n) is 7.76. The summed E-state index contributed by atoms with van der Waals surface area (Å²) in [5.41, 5.74) is -0.172. The van der Waals surface area contributed by atoms with Gasteiger partial charge in [0, 0.05) is 12.8 Å². The zero-order valence-corrected chi connectivity index (χ0v) is 18.5. The first-order valence-corrected chi connectivity index (χ1v) is 10.2. The Morgan fingerprint density at radius 3 is 2.45 bits per heavy atom. The van der Waals surface area contributed by atoms with Crippen LogP contribution in [0.15, 0.2) is 30.3 Å². The predicted octanol–water partition coefficient (Wildman–Crippen LogP) is 2.71. The zero-order valence-electron chi connectivity index (χ0n) is 18.5. The molecule has 0 spiro atoms. The molecule has 1 fully saturated rings. The van der Waals surface area contributed by atoms with Crippen molar-refractivity contribution in [2.45, 2.75) is 64.1 Å². The molecular weight excluding hydrogens is 406 g/mol. The lowest BCUT2D eigenvalue weighted by Gasteiger charge is -2.32. The highest BCUT2D eigenvalue weighted by molar-refractivity contribution is 5.81.